The normalized spacial score (nSPS) is 13.6. The van der Waals surface area contributed by atoms with Gasteiger partial charge >= 0.3 is 12.4 Å². The Morgan fingerprint density at radius 2 is 1.42 bits per heavy atom. The number of hydrogen-bond donors (Lipinski definition) is 0. The van der Waals surface area contributed by atoms with Crippen molar-refractivity contribution in [1.29, 1.82) is 0 Å². The Hall–Kier alpha value is -2.60. The molecule has 0 amide bonds. The predicted octanol–water partition coefficient (Wildman–Crippen LogP) is 5.60. The average Bonchev–Trinajstić information content (AvgIpc) is 3.05. The third kappa shape index (κ3) is 5.37. The Balaban J connectivity index is 2.26. The summed E-state index contributed by atoms with van der Waals surface area (Å²) in [4.78, 5) is 3.96. The smallest absolute Gasteiger partial charge is 0.220 e. The number of rotatable bonds is 3. The summed E-state index contributed by atoms with van der Waals surface area (Å²) in [7, 11) is -3.94. The molecule has 0 N–H and O–H groups in total. The highest BCUT2D eigenvalue weighted by Crippen LogP contribution is 2.38. The van der Waals surface area contributed by atoms with Gasteiger partial charge in [-0.05, 0) is 30.7 Å². The lowest BCUT2D eigenvalue weighted by atomic mass is 10.1. The summed E-state index contributed by atoms with van der Waals surface area (Å²) in [5.74, 6) is 0. The van der Waals surface area contributed by atoms with Gasteiger partial charge in [0.05, 0.1) is 27.9 Å². The first-order valence-corrected chi connectivity index (χ1v) is 11.2. The van der Waals surface area contributed by atoms with Crippen molar-refractivity contribution in [3.05, 3.63) is 70.2 Å². The third-order valence-corrected chi connectivity index (χ3v) is 6.25. The van der Waals surface area contributed by atoms with E-state index in [2.05, 4.69) is 4.99 Å². The molecule has 3 aromatic rings. The first kappa shape index (κ1) is 23.1. The summed E-state index contributed by atoms with van der Waals surface area (Å²) in [6.45, 7) is 1.85. The molecular weight excluding hydrogens is 466 g/mol. The van der Waals surface area contributed by atoms with Crippen LogP contribution in [0.15, 0.2) is 53.7 Å². The van der Waals surface area contributed by atoms with Crippen molar-refractivity contribution < 1.29 is 34.8 Å². The number of halogens is 6. The number of aryl methyl sites for hydroxylation is 1. The van der Waals surface area contributed by atoms with Crippen LogP contribution in [0, 0.1) is 6.92 Å². The molecule has 0 fully saturated rings. The van der Waals surface area contributed by atoms with Crippen LogP contribution in [-0.2, 0) is 22.4 Å². The molecule has 31 heavy (non-hydrogen) atoms. The molecule has 0 unspecified atom stereocenters. The quantitative estimate of drug-likeness (QED) is 0.458. The van der Waals surface area contributed by atoms with Crippen molar-refractivity contribution in [2.75, 3.05) is 6.26 Å². The number of aromatic nitrogens is 1. The average molecular weight is 480 g/mol. The van der Waals surface area contributed by atoms with Gasteiger partial charge in [0.25, 0.3) is 0 Å². The largest absolute Gasteiger partial charge is 0.416 e. The molecule has 0 radical (unpaired) electrons. The van der Waals surface area contributed by atoms with E-state index in [0.717, 1.165) is 27.1 Å². The first-order valence-electron chi connectivity index (χ1n) is 8.49. The van der Waals surface area contributed by atoms with Gasteiger partial charge in [-0.3, -0.25) is 0 Å². The van der Waals surface area contributed by atoms with Gasteiger partial charge in [-0.15, -0.1) is 0 Å². The van der Waals surface area contributed by atoms with Gasteiger partial charge in [0, 0.05) is 6.20 Å². The van der Waals surface area contributed by atoms with Crippen LogP contribution in [0.5, 0.6) is 0 Å². The Bertz CT molecular complexity index is 1250. The van der Waals surface area contributed by atoms with Crippen LogP contribution < -0.4 is 4.80 Å². The van der Waals surface area contributed by atoms with E-state index in [9.17, 15) is 34.8 Å². The summed E-state index contributed by atoms with van der Waals surface area (Å²) < 4.78 is 104. The molecule has 0 saturated heterocycles. The number of thiazole rings is 1. The molecule has 0 aliphatic rings. The molecule has 0 spiro atoms. The summed E-state index contributed by atoms with van der Waals surface area (Å²) in [6, 6.07) is 7.83. The summed E-state index contributed by atoms with van der Waals surface area (Å²) in [5, 5.41) is 0. The lowest BCUT2D eigenvalue weighted by Gasteiger charge is -2.12. The second-order valence-corrected chi connectivity index (χ2v) is 9.55. The maximum Gasteiger partial charge on any atom is 0.416 e. The van der Waals surface area contributed by atoms with E-state index >= 15 is 0 Å². The summed E-state index contributed by atoms with van der Waals surface area (Å²) in [5.41, 5.74) is -2.18. The van der Waals surface area contributed by atoms with Gasteiger partial charge in [-0.2, -0.15) is 26.3 Å². The van der Waals surface area contributed by atoms with Gasteiger partial charge in [-0.1, -0.05) is 41.2 Å². The van der Waals surface area contributed by atoms with Crippen molar-refractivity contribution in [1.82, 2.24) is 3.97 Å². The van der Waals surface area contributed by atoms with Crippen LogP contribution in [0.2, 0.25) is 0 Å². The molecular formula is C19H14F6N2O2S2. The van der Waals surface area contributed by atoms with E-state index in [0.29, 0.717) is 22.6 Å². The van der Waals surface area contributed by atoms with Gasteiger partial charge in [0.1, 0.15) is 0 Å². The fraction of sp³-hybridized carbons (Fsp3) is 0.211. The Kier molecular flexibility index (Phi) is 5.82. The van der Waals surface area contributed by atoms with E-state index in [1.165, 1.54) is 6.20 Å². The zero-order valence-electron chi connectivity index (χ0n) is 15.9. The maximum atomic E-state index is 13.1. The number of benzene rings is 2. The predicted molar refractivity (Wildman–Crippen MR) is 104 cm³/mol. The van der Waals surface area contributed by atoms with Crippen molar-refractivity contribution >= 4 is 27.0 Å². The minimum Gasteiger partial charge on any atom is -0.220 e. The summed E-state index contributed by atoms with van der Waals surface area (Å²) >= 11 is 0.821. The fourth-order valence-corrected chi connectivity index (χ4v) is 4.71. The zero-order valence-corrected chi connectivity index (χ0v) is 17.5. The van der Waals surface area contributed by atoms with Crippen molar-refractivity contribution in [2.45, 2.75) is 19.3 Å². The highest BCUT2D eigenvalue weighted by Gasteiger charge is 2.37. The van der Waals surface area contributed by atoms with Crippen molar-refractivity contribution in [3.63, 3.8) is 0 Å². The molecule has 4 nitrogen and oxygen atoms in total. The standard InChI is InChI=1S/C19H14F6N2O2S2/c1-11-3-5-12(6-4-11)16-10-27(31(2,28)29)17(30-16)26-15-8-13(18(20,21)22)7-14(9-15)19(23,24)25/h3-10H,1-2H3. The lowest BCUT2D eigenvalue weighted by molar-refractivity contribution is -0.143. The Morgan fingerprint density at radius 3 is 1.87 bits per heavy atom. The molecule has 0 atom stereocenters. The molecule has 0 aliphatic heterocycles. The minimum absolute atomic E-state index is 0.0181. The molecule has 3 rings (SSSR count). The van der Waals surface area contributed by atoms with Crippen molar-refractivity contribution in [2.24, 2.45) is 4.99 Å². The van der Waals surface area contributed by atoms with Gasteiger partial charge in [0.15, 0.2) is 0 Å². The second kappa shape index (κ2) is 7.83. The zero-order chi connectivity index (χ0) is 23.2. The molecule has 12 heteroatoms. The Morgan fingerprint density at radius 1 is 0.903 bits per heavy atom. The van der Waals surface area contributed by atoms with Crippen molar-refractivity contribution in [3.8, 4) is 10.4 Å². The van der Waals surface area contributed by atoms with Gasteiger partial charge in [-0.25, -0.2) is 17.4 Å². The third-order valence-electron chi connectivity index (χ3n) is 4.11. The maximum absolute atomic E-state index is 13.1. The van der Waals surface area contributed by atoms with E-state index in [4.69, 9.17) is 0 Å². The van der Waals surface area contributed by atoms with Crippen LogP contribution in [0.4, 0.5) is 32.0 Å². The topological polar surface area (TPSA) is 51.4 Å². The van der Waals surface area contributed by atoms with Gasteiger partial charge < -0.3 is 0 Å². The molecule has 0 bridgehead atoms. The fourth-order valence-electron chi connectivity index (χ4n) is 2.61. The van der Waals surface area contributed by atoms with E-state index in [1.54, 1.807) is 24.3 Å². The van der Waals surface area contributed by atoms with E-state index in [-0.39, 0.29) is 10.9 Å². The second-order valence-electron chi connectivity index (χ2n) is 6.68. The highest BCUT2D eigenvalue weighted by molar-refractivity contribution is 7.89. The molecule has 2 aromatic carbocycles. The molecule has 0 aliphatic carbocycles. The van der Waals surface area contributed by atoms with E-state index in [1.807, 2.05) is 6.92 Å². The molecule has 0 saturated carbocycles. The summed E-state index contributed by atoms with van der Waals surface area (Å²) in [6.07, 6.45) is -8.01. The van der Waals surface area contributed by atoms with E-state index < -0.39 is 39.2 Å². The molecule has 166 valence electrons. The number of nitrogens with zero attached hydrogens (tertiary/aromatic N) is 2. The van der Waals surface area contributed by atoms with Crippen LogP contribution in [0.1, 0.15) is 16.7 Å². The first-order chi connectivity index (χ1) is 14.1. The van der Waals surface area contributed by atoms with Gasteiger partial charge in [0.2, 0.25) is 14.8 Å². The monoisotopic (exact) mass is 480 g/mol. The lowest BCUT2D eigenvalue weighted by Crippen LogP contribution is -2.21. The Labute approximate surface area is 177 Å². The van der Waals surface area contributed by atoms with Crippen LogP contribution in [0.3, 0.4) is 0 Å². The molecule has 1 heterocycles. The van der Waals surface area contributed by atoms with Crippen LogP contribution in [-0.4, -0.2) is 18.6 Å². The number of hydrogen-bond acceptors (Lipinski definition) is 4. The molecule has 1 aromatic heterocycles. The SMILES string of the molecule is Cc1ccc(-c2cn(S(C)(=O)=O)c(=Nc3cc(C(F)(F)F)cc(C(F)(F)F)c3)s2)cc1. The van der Waals surface area contributed by atoms with Crippen LogP contribution in [0.25, 0.3) is 10.4 Å². The van der Waals surface area contributed by atoms with Crippen LogP contribution >= 0.6 is 11.3 Å². The highest BCUT2D eigenvalue weighted by atomic mass is 32.2. The minimum atomic E-state index is -5.04. The number of alkyl halides is 6.